The SMILES string of the molecule is CC(=O)N[C@@H]1[C@@H](O)[C@H](O[C@@H]2O[C@H](CO)[C@@H](O[C@@H]3O[C@H](CO[C@H]4O[C@H](CO)[C@@H](O)[C@H](O)[C@@H]4O[C@@H]4O[C@H](CO)[C@@H](O)[C@H](O)[C@H]4NC(C)=O)[C@@H](O)[C@H](O[C@H]4O[C@H](CO)[C@@H](O)[C@H](O)[C@@H]4O[C@@H]4O[C@H](CO)[C@@H](O[C@@H]5O[C@H](CO)[C@H](O)[C@H](O)[C@H]5NC(C)=O)[C@H](O)[C@H]4NC(C)=O)[C@@H]3O)[C@H](O)[C@H]2NC(C)=O)[C@@H](CO)O[C@H]1O. The summed E-state index contributed by atoms with van der Waals surface area (Å²) in [6.45, 7) is -3.56. The fourth-order valence-electron chi connectivity index (χ4n) is 13.4. The molecule has 46 nitrogen and oxygen atoms in total. The maximum absolute atomic E-state index is 13.0. The molecule has 8 fully saturated rings. The van der Waals surface area contributed by atoms with Gasteiger partial charge in [-0.3, -0.25) is 24.0 Å². The van der Waals surface area contributed by atoms with Crippen LogP contribution in [0.5, 0.6) is 0 Å². The van der Waals surface area contributed by atoms with Crippen LogP contribution >= 0.6 is 0 Å². The largest absolute Gasteiger partial charge is 0.394 e. The molecule has 5 amide bonds. The number of rotatable bonds is 27. The number of nitrogens with one attached hydrogen (secondary N) is 5. The lowest BCUT2D eigenvalue weighted by Gasteiger charge is -2.51. The topological polar surface area (TPSA) is 709 Å². The fraction of sp³-hybridized carbons (Fsp3) is 0.914. The van der Waals surface area contributed by atoms with E-state index in [-0.39, 0.29) is 0 Å². The van der Waals surface area contributed by atoms with E-state index in [1.807, 2.05) is 0 Å². The van der Waals surface area contributed by atoms with Crippen molar-refractivity contribution in [3.63, 3.8) is 0 Å². The zero-order valence-corrected chi connectivity index (χ0v) is 56.3. The van der Waals surface area contributed by atoms with Crippen molar-refractivity contribution in [3.8, 4) is 0 Å². The standard InChI is InChI=1S/C58H97N5O41/c1-14(71)59-27-39(83)45(23(10-68)91-51(27)89)99-54-30(62-17(4)74)41(85)47(25(12-70)96-54)101-56-44(88)48(36(80)26(98-56)13-90-57-49(42(86)34(78)21(8-66)94-57)103-53-29(61-16(3)73)38(82)33(77)20(7-65)93-53)102-58-50(43(87)35(79)22(9-67)95-58)104-55-31(63-18(5)75)40(84)46(24(11-69)97-55)100-52-28(60-15(2)72)37(81)32(76)19(6-64)92-52/h19-58,64-70,76-89H,6-13H2,1-5H3,(H,59,71)(H,60,72)(H,61,73)(H,62,74)(H,63,75)/t19-,20-,21-,22-,23-,24-,25-,26-,27-,28-,29-,30-,31-,32+,33-,34-,35-,36-,37-,38-,39-,40-,41-,42+,43+,44+,45-,46-,47-,48+,49+,50+,51-,52+,53+,54+,55+,56+,57+,58-/m1/s1. The van der Waals surface area contributed by atoms with Gasteiger partial charge in [-0.25, -0.2) is 0 Å². The van der Waals surface area contributed by atoms with E-state index in [1.165, 1.54) is 0 Å². The molecular weight excluding hydrogens is 1420 g/mol. The lowest BCUT2D eigenvalue weighted by atomic mass is 9.93. The average Bonchev–Trinajstić information content (AvgIpc) is 0.778. The second-order valence-corrected chi connectivity index (χ2v) is 26.1. The number of aliphatic hydroxyl groups is 21. The summed E-state index contributed by atoms with van der Waals surface area (Å²) in [6.07, 6.45) is -71.3. The Labute approximate surface area is 589 Å². The number of amides is 5. The molecule has 0 spiro atoms. The van der Waals surface area contributed by atoms with Gasteiger partial charge < -0.3 is 205 Å². The Morgan fingerprint density at radius 2 is 0.510 bits per heavy atom. The first-order valence-electron chi connectivity index (χ1n) is 33.1. The van der Waals surface area contributed by atoms with E-state index < -0.39 is 328 Å². The highest BCUT2D eigenvalue weighted by Gasteiger charge is 2.60. The van der Waals surface area contributed by atoms with E-state index >= 15 is 0 Å². The Balaban J connectivity index is 1.15. The molecule has 0 aromatic heterocycles. The number of ether oxygens (including phenoxy) is 15. The molecule has 0 bridgehead atoms. The molecule has 26 N–H and O–H groups in total. The summed E-state index contributed by atoms with van der Waals surface area (Å²) < 4.78 is 89.3. The highest BCUT2D eigenvalue weighted by atomic mass is 16.8. The number of carbonyl (C=O) groups excluding carboxylic acids is 5. The third kappa shape index (κ3) is 19.2. The molecule has 0 aromatic rings. The average molecular weight is 1520 g/mol. The molecule has 0 radical (unpaired) electrons. The van der Waals surface area contributed by atoms with Crippen molar-refractivity contribution in [2.75, 3.05) is 52.9 Å². The summed E-state index contributed by atoms with van der Waals surface area (Å²) in [5.41, 5.74) is 0. The predicted octanol–water partition coefficient (Wildman–Crippen LogP) is -17.7. The normalized spacial score (nSPS) is 47.2. The van der Waals surface area contributed by atoms with Crippen molar-refractivity contribution in [2.24, 2.45) is 0 Å². The summed E-state index contributed by atoms with van der Waals surface area (Å²) in [4.78, 5) is 62.7. The van der Waals surface area contributed by atoms with Crippen LogP contribution in [0.2, 0.25) is 0 Å². The number of hydrogen-bond acceptors (Lipinski definition) is 41. The minimum absolute atomic E-state index is 0.772. The first kappa shape index (κ1) is 85.5. The maximum atomic E-state index is 13.0. The van der Waals surface area contributed by atoms with Crippen LogP contribution in [-0.4, -0.2) is 435 Å². The van der Waals surface area contributed by atoms with Gasteiger partial charge in [0.2, 0.25) is 29.5 Å². The first-order chi connectivity index (χ1) is 49.2. The quantitative estimate of drug-likeness (QED) is 0.0363. The first-order valence-corrected chi connectivity index (χ1v) is 33.1. The van der Waals surface area contributed by atoms with E-state index in [0.717, 1.165) is 34.6 Å². The van der Waals surface area contributed by atoms with Gasteiger partial charge >= 0.3 is 0 Å². The molecule has 0 unspecified atom stereocenters. The van der Waals surface area contributed by atoms with Gasteiger partial charge in [-0.1, -0.05) is 0 Å². The Bertz CT molecular complexity index is 2770. The van der Waals surface area contributed by atoms with Crippen LogP contribution in [-0.2, 0) is 95.0 Å². The molecule has 8 saturated heterocycles. The van der Waals surface area contributed by atoms with E-state index in [2.05, 4.69) is 26.6 Å². The highest BCUT2D eigenvalue weighted by Crippen LogP contribution is 2.39. The molecule has 8 aliphatic rings. The van der Waals surface area contributed by atoms with E-state index in [4.69, 9.17) is 71.1 Å². The molecule has 600 valence electrons. The molecule has 0 aromatic carbocycles. The van der Waals surface area contributed by atoms with Gasteiger partial charge in [0.15, 0.2) is 50.3 Å². The maximum Gasteiger partial charge on any atom is 0.217 e. The molecule has 104 heavy (non-hydrogen) atoms. The van der Waals surface area contributed by atoms with E-state index in [9.17, 15) is 131 Å². The van der Waals surface area contributed by atoms with Gasteiger partial charge in [-0.05, 0) is 0 Å². The molecule has 0 saturated carbocycles. The minimum atomic E-state index is -2.53. The van der Waals surface area contributed by atoms with Crippen molar-refractivity contribution < 1.29 is 202 Å². The summed E-state index contributed by atoms with van der Waals surface area (Å²) in [5.74, 6) is -4.26. The Morgan fingerprint density at radius 1 is 0.250 bits per heavy atom. The Morgan fingerprint density at radius 3 is 0.875 bits per heavy atom. The summed E-state index contributed by atoms with van der Waals surface area (Å²) in [6, 6.07) is -8.81. The van der Waals surface area contributed by atoms with Gasteiger partial charge in [-0.15, -0.1) is 0 Å². The summed E-state index contributed by atoms with van der Waals surface area (Å²) >= 11 is 0. The summed E-state index contributed by atoms with van der Waals surface area (Å²) in [7, 11) is 0. The molecule has 8 heterocycles. The lowest BCUT2D eigenvalue weighted by Crippen LogP contribution is -2.71. The zero-order valence-electron chi connectivity index (χ0n) is 56.3. The minimum Gasteiger partial charge on any atom is -0.394 e. The third-order valence-electron chi connectivity index (χ3n) is 18.7. The molecule has 46 heteroatoms. The van der Waals surface area contributed by atoms with Crippen LogP contribution in [0.4, 0.5) is 0 Å². The molecule has 40 atom stereocenters. The monoisotopic (exact) mass is 1520 g/mol. The van der Waals surface area contributed by atoms with E-state index in [0.29, 0.717) is 0 Å². The van der Waals surface area contributed by atoms with Crippen molar-refractivity contribution >= 4 is 29.5 Å². The number of hydrogen-bond donors (Lipinski definition) is 26. The molecule has 0 aliphatic carbocycles. The Kier molecular flexibility index (Phi) is 30.9. The number of aliphatic hydroxyl groups excluding tert-OH is 21. The van der Waals surface area contributed by atoms with Gasteiger partial charge in [0.05, 0.1) is 52.9 Å². The summed E-state index contributed by atoms with van der Waals surface area (Å²) in [5, 5.41) is 246. The van der Waals surface area contributed by atoms with Crippen LogP contribution in [0.1, 0.15) is 34.6 Å². The fourth-order valence-corrected chi connectivity index (χ4v) is 13.4. The molecular formula is C58H97N5O41. The van der Waals surface area contributed by atoms with Gasteiger partial charge in [-0.2, -0.15) is 0 Å². The van der Waals surface area contributed by atoms with Gasteiger partial charge in [0.25, 0.3) is 0 Å². The predicted molar refractivity (Wildman–Crippen MR) is 322 cm³/mol. The second kappa shape index (κ2) is 37.5. The molecule has 8 aliphatic heterocycles. The smallest absolute Gasteiger partial charge is 0.217 e. The van der Waals surface area contributed by atoms with Gasteiger partial charge in [0.1, 0.15) is 195 Å². The number of carbonyl (C=O) groups is 5. The molecule has 8 rings (SSSR count). The van der Waals surface area contributed by atoms with E-state index in [1.54, 1.807) is 0 Å². The van der Waals surface area contributed by atoms with Crippen molar-refractivity contribution in [1.82, 2.24) is 26.6 Å². The van der Waals surface area contributed by atoms with Crippen LogP contribution in [0.25, 0.3) is 0 Å². The van der Waals surface area contributed by atoms with Crippen LogP contribution < -0.4 is 26.6 Å². The third-order valence-corrected chi connectivity index (χ3v) is 18.7. The van der Waals surface area contributed by atoms with Crippen LogP contribution in [0.3, 0.4) is 0 Å². The van der Waals surface area contributed by atoms with Gasteiger partial charge in [0, 0.05) is 34.6 Å². The zero-order chi connectivity index (χ0) is 76.8. The highest BCUT2D eigenvalue weighted by molar-refractivity contribution is 5.75. The van der Waals surface area contributed by atoms with Crippen molar-refractivity contribution in [3.05, 3.63) is 0 Å². The van der Waals surface area contributed by atoms with Crippen molar-refractivity contribution in [2.45, 2.75) is 280 Å². The van der Waals surface area contributed by atoms with Crippen molar-refractivity contribution in [1.29, 1.82) is 0 Å². The lowest BCUT2D eigenvalue weighted by molar-refractivity contribution is -0.397. The van der Waals surface area contributed by atoms with Crippen LogP contribution in [0.15, 0.2) is 0 Å². The van der Waals surface area contributed by atoms with Crippen LogP contribution in [0, 0.1) is 0 Å². The Hall–Kier alpha value is -4.09. The second-order valence-electron chi connectivity index (χ2n) is 26.1.